The van der Waals surface area contributed by atoms with Crippen molar-refractivity contribution < 1.29 is 27.8 Å². The van der Waals surface area contributed by atoms with Gasteiger partial charge in [0.15, 0.2) is 5.82 Å². The SMILES string of the molecule is C#Cc1c(F)ccc2cc(O)cc(-c3ncc4c(N5C[C@@H]6CC[C@](COC)(C5)N6)nc(OC[C@@]56CCCN5C[C@H](F)C6)nc4c3F)c12. The number of hydrogen-bond acceptors (Lipinski definition) is 9. The van der Waals surface area contributed by atoms with Crippen molar-refractivity contribution in [3.63, 3.8) is 0 Å². The Bertz CT molecular complexity index is 1950. The number of nitrogens with one attached hydrogen (secondary N) is 1. The molecule has 2 aromatic carbocycles. The number of terminal acetylenes is 1. The molecule has 0 aliphatic carbocycles. The maximum atomic E-state index is 16.9. The van der Waals surface area contributed by atoms with Crippen molar-refractivity contribution >= 4 is 27.5 Å². The van der Waals surface area contributed by atoms with Crippen molar-refractivity contribution in [2.45, 2.75) is 55.4 Å². The second-order valence-electron chi connectivity index (χ2n) is 13.5. The van der Waals surface area contributed by atoms with Crippen molar-refractivity contribution in [1.82, 2.24) is 25.2 Å². The van der Waals surface area contributed by atoms with Crippen LogP contribution >= 0.6 is 0 Å². The zero-order valence-corrected chi connectivity index (χ0v) is 26.0. The van der Waals surface area contributed by atoms with Gasteiger partial charge in [0.2, 0.25) is 0 Å². The van der Waals surface area contributed by atoms with Crippen LogP contribution in [-0.2, 0) is 4.74 Å². The summed E-state index contributed by atoms with van der Waals surface area (Å²) in [4.78, 5) is 18.2. The summed E-state index contributed by atoms with van der Waals surface area (Å²) in [6, 6.07) is 5.62. The number of rotatable bonds is 7. The molecule has 4 aliphatic rings. The zero-order chi connectivity index (χ0) is 32.5. The summed E-state index contributed by atoms with van der Waals surface area (Å²) in [6.45, 7) is 3.05. The van der Waals surface area contributed by atoms with Gasteiger partial charge < -0.3 is 24.8 Å². The highest BCUT2D eigenvalue weighted by molar-refractivity contribution is 6.03. The number of piperazine rings is 1. The molecule has 4 aliphatic heterocycles. The van der Waals surface area contributed by atoms with E-state index in [2.05, 4.69) is 31.0 Å². The number of nitrogens with zero attached hydrogens (tertiary/aromatic N) is 5. The van der Waals surface area contributed by atoms with Crippen LogP contribution in [0.2, 0.25) is 0 Å². The molecule has 12 heteroatoms. The van der Waals surface area contributed by atoms with Gasteiger partial charge in [-0.05, 0) is 55.8 Å². The number of phenols is 1. The van der Waals surface area contributed by atoms with Crippen LogP contribution in [0.25, 0.3) is 32.9 Å². The van der Waals surface area contributed by atoms with Crippen LogP contribution in [0.1, 0.15) is 37.7 Å². The highest BCUT2D eigenvalue weighted by Crippen LogP contribution is 2.42. The molecule has 0 unspecified atom stereocenters. The molecule has 9 nitrogen and oxygen atoms in total. The maximum absolute atomic E-state index is 16.9. The molecule has 47 heavy (non-hydrogen) atoms. The monoisotopic (exact) mass is 644 g/mol. The number of phenolic OH excluding ortho intramolecular Hbond substituents is 1. The Balaban J connectivity index is 1.28. The molecule has 0 amide bonds. The van der Waals surface area contributed by atoms with Gasteiger partial charge in [-0.2, -0.15) is 9.97 Å². The molecule has 4 aromatic rings. The minimum Gasteiger partial charge on any atom is -0.508 e. The molecule has 4 fully saturated rings. The van der Waals surface area contributed by atoms with E-state index in [9.17, 15) is 13.9 Å². The molecule has 2 bridgehead atoms. The van der Waals surface area contributed by atoms with E-state index in [1.807, 2.05) is 0 Å². The third-order valence-electron chi connectivity index (χ3n) is 10.5. The molecule has 4 atom stereocenters. The number of hydrogen-bond donors (Lipinski definition) is 2. The van der Waals surface area contributed by atoms with Gasteiger partial charge in [0.1, 0.15) is 41.4 Å². The summed E-state index contributed by atoms with van der Waals surface area (Å²) < 4.78 is 58.1. The average molecular weight is 645 g/mol. The summed E-state index contributed by atoms with van der Waals surface area (Å²) >= 11 is 0. The highest BCUT2D eigenvalue weighted by Gasteiger charge is 2.50. The van der Waals surface area contributed by atoms with Crippen molar-refractivity contribution in [3.8, 4) is 35.4 Å². The fourth-order valence-corrected chi connectivity index (χ4v) is 8.50. The first-order valence-corrected chi connectivity index (χ1v) is 16.0. The minimum atomic E-state index is -0.929. The fourth-order valence-electron chi connectivity index (χ4n) is 8.50. The molecule has 2 N–H and O–H groups in total. The number of methoxy groups -OCH3 is 1. The Kier molecular flexibility index (Phi) is 7.20. The van der Waals surface area contributed by atoms with Gasteiger partial charge in [0.05, 0.1) is 28.6 Å². The van der Waals surface area contributed by atoms with E-state index in [0.29, 0.717) is 49.3 Å². The van der Waals surface area contributed by atoms with Gasteiger partial charge >= 0.3 is 6.01 Å². The molecule has 0 saturated carbocycles. The normalized spacial score (nSPS) is 27.1. The predicted molar refractivity (Wildman–Crippen MR) is 171 cm³/mol. The number of aromatic hydroxyl groups is 1. The van der Waals surface area contributed by atoms with Crippen LogP contribution in [0.3, 0.4) is 0 Å². The van der Waals surface area contributed by atoms with Crippen LogP contribution in [-0.4, -0.2) is 94.8 Å². The Morgan fingerprint density at radius 3 is 2.87 bits per heavy atom. The lowest BCUT2D eigenvalue weighted by molar-refractivity contribution is 0.107. The number of benzene rings is 2. The Labute approximate surface area is 270 Å². The van der Waals surface area contributed by atoms with Gasteiger partial charge in [0, 0.05) is 56.4 Å². The number of halogens is 3. The number of pyridine rings is 1. The summed E-state index contributed by atoms with van der Waals surface area (Å²) in [6.07, 6.45) is 10.3. The molecule has 0 radical (unpaired) electrons. The number of anilines is 1. The minimum absolute atomic E-state index is 0.0186. The first-order chi connectivity index (χ1) is 22.7. The Morgan fingerprint density at radius 2 is 2.04 bits per heavy atom. The second kappa shape index (κ2) is 11.2. The molecule has 6 heterocycles. The van der Waals surface area contributed by atoms with Crippen LogP contribution < -0.4 is 15.0 Å². The van der Waals surface area contributed by atoms with Crippen molar-refractivity contribution in [1.29, 1.82) is 0 Å². The largest absolute Gasteiger partial charge is 0.508 e. The van der Waals surface area contributed by atoms with E-state index >= 15 is 4.39 Å². The lowest BCUT2D eigenvalue weighted by atomic mass is 9.95. The van der Waals surface area contributed by atoms with E-state index in [-0.39, 0.29) is 57.7 Å². The van der Waals surface area contributed by atoms with E-state index in [4.69, 9.17) is 20.9 Å². The van der Waals surface area contributed by atoms with Crippen LogP contribution in [0.4, 0.5) is 19.0 Å². The number of fused-ring (bicyclic) bond motifs is 5. The molecule has 0 spiro atoms. The Hall–Kier alpha value is -4.18. The van der Waals surface area contributed by atoms with E-state index in [1.165, 1.54) is 30.5 Å². The molecule has 244 valence electrons. The van der Waals surface area contributed by atoms with Crippen LogP contribution in [0.15, 0.2) is 30.5 Å². The first-order valence-electron chi connectivity index (χ1n) is 16.0. The van der Waals surface area contributed by atoms with Gasteiger partial charge in [-0.3, -0.25) is 9.88 Å². The topological polar surface area (TPSA) is 95.9 Å². The predicted octanol–water partition coefficient (Wildman–Crippen LogP) is 4.72. The quantitative estimate of drug-likeness (QED) is 0.277. The smallest absolute Gasteiger partial charge is 0.319 e. The summed E-state index contributed by atoms with van der Waals surface area (Å²) in [5.74, 6) is 1.26. The van der Waals surface area contributed by atoms with Crippen molar-refractivity contribution in [2.75, 3.05) is 51.4 Å². The van der Waals surface area contributed by atoms with E-state index in [1.54, 1.807) is 7.11 Å². The third kappa shape index (κ3) is 4.94. The van der Waals surface area contributed by atoms with E-state index < -0.39 is 23.3 Å². The van der Waals surface area contributed by atoms with Crippen LogP contribution in [0, 0.1) is 24.0 Å². The highest BCUT2D eigenvalue weighted by atomic mass is 19.1. The molecule has 8 rings (SSSR count). The van der Waals surface area contributed by atoms with Gasteiger partial charge in [0.25, 0.3) is 0 Å². The average Bonchev–Trinajstić information content (AvgIpc) is 3.68. The van der Waals surface area contributed by atoms with Gasteiger partial charge in [-0.1, -0.05) is 12.0 Å². The molecular formula is C35H35F3N6O3. The number of alkyl halides is 1. The summed E-state index contributed by atoms with van der Waals surface area (Å²) in [7, 11) is 1.68. The number of aromatic nitrogens is 3. The third-order valence-corrected chi connectivity index (χ3v) is 10.5. The zero-order valence-electron chi connectivity index (χ0n) is 26.0. The molecular weight excluding hydrogens is 609 g/mol. The fraction of sp³-hybridized carbons (Fsp3) is 0.457. The molecule has 4 saturated heterocycles. The lowest BCUT2D eigenvalue weighted by Crippen LogP contribution is -2.61. The van der Waals surface area contributed by atoms with Gasteiger partial charge in [-0.15, -0.1) is 6.42 Å². The summed E-state index contributed by atoms with van der Waals surface area (Å²) in [5, 5.41) is 15.3. The van der Waals surface area contributed by atoms with Crippen molar-refractivity contribution in [3.05, 3.63) is 47.7 Å². The first kappa shape index (κ1) is 30.2. The van der Waals surface area contributed by atoms with E-state index in [0.717, 1.165) is 32.2 Å². The van der Waals surface area contributed by atoms with Gasteiger partial charge in [-0.25, -0.2) is 13.2 Å². The lowest BCUT2D eigenvalue weighted by Gasteiger charge is -2.41. The Morgan fingerprint density at radius 1 is 1.17 bits per heavy atom. The maximum Gasteiger partial charge on any atom is 0.319 e. The van der Waals surface area contributed by atoms with Crippen LogP contribution in [0.5, 0.6) is 11.8 Å². The number of ether oxygens (including phenoxy) is 2. The molecule has 2 aromatic heterocycles. The standard InChI is InChI=1S/C35H35F3N6O3/c1-3-24-27(37)6-5-20-11-23(45)12-25(28(20)24)30-29(38)31-26(14-39-30)32(43-16-22-7-9-34(17-43,42-22)18-46-2)41-33(40-31)47-19-35-8-4-10-44(35)15-21(36)13-35/h1,5-6,11-12,14,21-22,42,45H,4,7-10,13,15-19H2,2H3/t21-,22+,34-,35+/m1/s1. The summed E-state index contributed by atoms with van der Waals surface area (Å²) in [5.41, 5.74) is -0.854. The second-order valence-corrected chi connectivity index (χ2v) is 13.5. The van der Waals surface area contributed by atoms with Crippen molar-refractivity contribution in [2.24, 2.45) is 0 Å².